The molecule has 4 heteroatoms. The zero-order valence-corrected chi connectivity index (χ0v) is 12.8. The summed E-state index contributed by atoms with van der Waals surface area (Å²) in [5, 5.41) is 7.39. The Morgan fingerprint density at radius 3 is 2.73 bits per heavy atom. The van der Waals surface area contributed by atoms with Gasteiger partial charge in [-0.05, 0) is 32.3 Å². The predicted molar refractivity (Wildman–Crippen MR) is 83.8 cm³/mol. The number of hydrogen-bond donors (Lipinski definition) is 1. The Morgan fingerprint density at radius 1 is 1.18 bits per heavy atom. The summed E-state index contributed by atoms with van der Waals surface area (Å²) >= 11 is 0. The predicted octanol–water partition coefficient (Wildman–Crippen LogP) is 3.86. The minimum atomic E-state index is -0.0640. The Morgan fingerprint density at radius 2 is 1.95 bits per heavy atom. The highest BCUT2D eigenvalue weighted by Crippen LogP contribution is 2.46. The van der Waals surface area contributed by atoms with Crippen LogP contribution in [0.15, 0.2) is 40.1 Å². The molecule has 1 N–H and O–H groups in total. The molecule has 2 aliphatic rings. The number of benzene rings is 1. The molecule has 0 radical (unpaired) electrons. The Kier molecular flexibility index (Phi) is 2.93. The molecule has 4 nitrogen and oxygen atoms in total. The molecule has 1 aromatic heterocycles. The van der Waals surface area contributed by atoms with Crippen LogP contribution in [0.4, 0.5) is 5.88 Å². The lowest BCUT2D eigenvalue weighted by molar-refractivity contribution is -0.116. The third-order valence-electron chi connectivity index (χ3n) is 4.62. The third kappa shape index (κ3) is 1.90. The SMILES string of the molecule is Cc1ccc([C@@H]2C3=C(CCCC3=O)Nc3onc(C)c32)cc1. The van der Waals surface area contributed by atoms with Crippen molar-refractivity contribution in [2.45, 2.75) is 39.0 Å². The van der Waals surface area contributed by atoms with Crippen molar-refractivity contribution in [1.29, 1.82) is 0 Å². The number of aryl methyl sites for hydroxylation is 2. The van der Waals surface area contributed by atoms with E-state index in [-0.39, 0.29) is 11.7 Å². The van der Waals surface area contributed by atoms with Gasteiger partial charge in [-0.15, -0.1) is 0 Å². The summed E-state index contributed by atoms with van der Waals surface area (Å²) < 4.78 is 5.44. The molecule has 1 aliphatic carbocycles. The van der Waals surface area contributed by atoms with E-state index in [2.05, 4.69) is 41.7 Å². The Bertz CT molecular complexity index is 784. The van der Waals surface area contributed by atoms with Crippen molar-refractivity contribution in [3.8, 4) is 0 Å². The van der Waals surface area contributed by atoms with Crippen molar-refractivity contribution in [3.05, 3.63) is 57.9 Å². The van der Waals surface area contributed by atoms with Crippen LogP contribution in [0.2, 0.25) is 0 Å². The van der Waals surface area contributed by atoms with Gasteiger partial charge in [-0.3, -0.25) is 4.79 Å². The van der Waals surface area contributed by atoms with Crippen LogP contribution in [0.3, 0.4) is 0 Å². The molecular formula is C18H18N2O2. The monoisotopic (exact) mass is 294 g/mol. The smallest absolute Gasteiger partial charge is 0.233 e. The standard InChI is InChI=1S/C18H18N2O2/c1-10-6-8-12(9-7-10)16-15-11(2)20-22-18(15)19-13-4-3-5-14(21)17(13)16/h6-9,16,19H,3-5H2,1-2H3/t16-/m0/s1. The van der Waals surface area contributed by atoms with E-state index >= 15 is 0 Å². The number of carbonyl (C=O) groups is 1. The molecule has 0 unspecified atom stereocenters. The average molecular weight is 294 g/mol. The van der Waals surface area contributed by atoms with E-state index < -0.39 is 0 Å². The first-order valence-corrected chi connectivity index (χ1v) is 7.71. The number of aromatic nitrogens is 1. The van der Waals surface area contributed by atoms with E-state index in [4.69, 9.17) is 4.52 Å². The number of allylic oxidation sites excluding steroid dienone is 2. The molecule has 1 aliphatic heterocycles. The largest absolute Gasteiger partial charge is 0.338 e. The lowest BCUT2D eigenvalue weighted by Gasteiger charge is -2.31. The molecule has 1 atom stereocenters. The van der Waals surface area contributed by atoms with Gasteiger partial charge in [-0.2, -0.15) is 0 Å². The normalized spacial score (nSPS) is 20.5. The summed E-state index contributed by atoms with van der Waals surface area (Å²) in [5.74, 6) is 0.869. The first kappa shape index (κ1) is 13.3. The van der Waals surface area contributed by atoms with Crippen LogP contribution in [0.1, 0.15) is 47.6 Å². The van der Waals surface area contributed by atoms with E-state index in [1.165, 1.54) is 5.56 Å². The molecule has 0 amide bonds. The molecule has 1 aromatic carbocycles. The molecule has 0 saturated carbocycles. The maximum atomic E-state index is 12.6. The number of ketones is 1. The van der Waals surface area contributed by atoms with Crippen LogP contribution in [-0.4, -0.2) is 10.9 Å². The van der Waals surface area contributed by atoms with E-state index in [1.54, 1.807) is 0 Å². The quantitative estimate of drug-likeness (QED) is 0.867. The molecule has 0 bridgehead atoms. The van der Waals surface area contributed by atoms with Gasteiger partial charge >= 0.3 is 0 Å². The molecule has 2 heterocycles. The van der Waals surface area contributed by atoms with E-state index in [1.807, 2.05) is 6.92 Å². The molecule has 2 aromatic rings. The first-order chi connectivity index (χ1) is 10.6. The maximum absolute atomic E-state index is 12.6. The van der Waals surface area contributed by atoms with E-state index in [0.29, 0.717) is 12.3 Å². The Balaban J connectivity index is 1.94. The van der Waals surface area contributed by atoms with Crippen molar-refractivity contribution in [3.63, 3.8) is 0 Å². The van der Waals surface area contributed by atoms with Gasteiger partial charge in [-0.1, -0.05) is 35.0 Å². The van der Waals surface area contributed by atoms with Crippen LogP contribution < -0.4 is 5.32 Å². The molecule has 0 fully saturated rings. The highest BCUT2D eigenvalue weighted by Gasteiger charge is 2.38. The summed E-state index contributed by atoms with van der Waals surface area (Å²) in [7, 11) is 0. The topological polar surface area (TPSA) is 55.1 Å². The Labute approximate surface area is 129 Å². The number of nitrogens with one attached hydrogen (secondary N) is 1. The van der Waals surface area contributed by atoms with Gasteiger partial charge < -0.3 is 9.84 Å². The number of anilines is 1. The number of nitrogens with zero attached hydrogens (tertiary/aromatic N) is 1. The van der Waals surface area contributed by atoms with Crippen LogP contribution in [0, 0.1) is 13.8 Å². The summed E-state index contributed by atoms with van der Waals surface area (Å²) in [6, 6.07) is 8.39. The average Bonchev–Trinajstić information content (AvgIpc) is 2.88. The number of rotatable bonds is 1. The van der Waals surface area contributed by atoms with Gasteiger partial charge in [0.2, 0.25) is 5.88 Å². The molecule has 4 rings (SSSR count). The fourth-order valence-corrected chi connectivity index (χ4v) is 3.51. The first-order valence-electron chi connectivity index (χ1n) is 7.71. The molecule has 22 heavy (non-hydrogen) atoms. The molecule has 0 spiro atoms. The van der Waals surface area contributed by atoms with Crippen molar-refractivity contribution in [2.75, 3.05) is 5.32 Å². The summed E-state index contributed by atoms with van der Waals surface area (Å²) in [6.45, 7) is 4.00. The third-order valence-corrected chi connectivity index (χ3v) is 4.62. The zero-order valence-electron chi connectivity index (χ0n) is 12.8. The van der Waals surface area contributed by atoms with Crippen LogP contribution in [0.5, 0.6) is 0 Å². The van der Waals surface area contributed by atoms with Crippen LogP contribution >= 0.6 is 0 Å². The van der Waals surface area contributed by atoms with E-state index in [9.17, 15) is 4.79 Å². The van der Waals surface area contributed by atoms with E-state index in [0.717, 1.165) is 40.9 Å². The second kappa shape index (κ2) is 4.83. The van der Waals surface area contributed by atoms with Gasteiger partial charge in [0.15, 0.2) is 5.78 Å². The van der Waals surface area contributed by atoms with Gasteiger partial charge in [-0.25, -0.2) is 0 Å². The van der Waals surface area contributed by atoms with Crippen molar-refractivity contribution in [2.24, 2.45) is 0 Å². The molecule has 112 valence electrons. The highest BCUT2D eigenvalue weighted by molar-refractivity contribution is 6.00. The minimum absolute atomic E-state index is 0.0640. The lowest BCUT2D eigenvalue weighted by Crippen LogP contribution is -2.26. The second-order valence-corrected chi connectivity index (χ2v) is 6.15. The van der Waals surface area contributed by atoms with Gasteiger partial charge in [0.25, 0.3) is 0 Å². The molecular weight excluding hydrogens is 276 g/mol. The zero-order chi connectivity index (χ0) is 15.3. The Hall–Kier alpha value is -2.36. The van der Waals surface area contributed by atoms with Crippen LogP contribution in [0.25, 0.3) is 0 Å². The summed E-state index contributed by atoms with van der Waals surface area (Å²) in [4.78, 5) is 12.6. The van der Waals surface area contributed by atoms with Gasteiger partial charge in [0.05, 0.1) is 11.3 Å². The number of hydrogen-bond acceptors (Lipinski definition) is 4. The minimum Gasteiger partial charge on any atom is -0.338 e. The number of fused-ring (bicyclic) bond motifs is 1. The van der Waals surface area contributed by atoms with Crippen LogP contribution in [-0.2, 0) is 4.79 Å². The van der Waals surface area contributed by atoms with Gasteiger partial charge in [0, 0.05) is 23.6 Å². The highest BCUT2D eigenvalue weighted by atomic mass is 16.5. The lowest BCUT2D eigenvalue weighted by atomic mass is 9.76. The summed E-state index contributed by atoms with van der Waals surface area (Å²) in [6.07, 6.45) is 2.42. The fourth-order valence-electron chi connectivity index (χ4n) is 3.51. The van der Waals surface area contributed by atoms with Gasteiger partial charge in [0.1, 0.15) is 0 Å². The number of carbonyl (C=O) groups excluding carboxylic acids is 1. The van der Waals surface area contributed by atoms with Crippen molar-refractivity contribution >= 4 is 11.7 Å². The van der Waals surface area contributed by atoms with Crippen molar-refractivity contribution < 1.29 is 9.32 Å². The number of Topliss-reactive ketones (excluding diaryl/α,β-unsaturated/α-hetero) is 1. The second-order valence-electron chi connectivity index (χ2n) is 6.15. The molecule has 0 saturated heterocycles. The van der Waals surface area contributed by atoms with Crippen molar-refractivity contribution in [1.82, 2.24) is 5.16 Å². The summed E-state index contributed by atoms with van der Waals surface area (Å²) in [5.41, 5.74) is 6.08. The maximum Gasteiger partial charge on any atom is 0.233 e. The fraction of sp³-hybridized carbons (Fsp3) is 0.333.